The number of hydrogen-bond acceptors (Lipinski definition) is 5. The van der Waals surface area contributed by atoms with Crippen molar-refractivity contribution in [3.8, 4) is 11.4 Å². The van der Waals surface area contributed by atoms with E-state index in [-0.39, 0.29) is 30.5 Å². The second-order valence-electron chi connectivity index (χ2n) is 12.2. The lowest BCUT2D eigenvalue weighted by atomic mass is 9.99. The Kier molecular flexibility index (Phi) is 9.85. The second kappa shape index (κ2) is 14.4. The largest absolute Gasteiger partial charge is 0.446 e. The van der Waals surface area contributed by atoms with Crippen LogP contribution in [0.4, 0.5) is 4.79 Å². The van der Waals surface area contributed by atoms with E-state index in [1.54, 1.807) is 0 Å². The Morgan fingerprint density at radius 3 is 2.33 bits per heavy atom. The maximum Gasteiger partial charge on any atom is 0.408 e. The SMILES string of the molecule is Cl.O=C(N[C@H](Cc1ccc2ccccc2c1)C(=O)N1CCC(n2c(-c3ccccc3)nc3ccccc32)CC1)OC1CCNCC1. The monoisotopic (exact) mass is 637 g/mol. The van der Waals surface area contributed by atoms with Crippen molar-refractivity contribution in [2.45, 2.75) is 50.3 Å². The number of para-hydroxylation sites is 2. The smallest absolute Gasteiger partial charge is 0.408 e. The Balaban J connectivity index is 0.00000372. The van der Waals surface area contributed by atoms with Crippen LogP contribution in [0.3, 0.4) is 0 Å². The third kappa shape index (κ3) is 6.88. The Labute approximate surface area is 275 Å². The molecular weight excluding hydrogens is 598 g/mol. The average molecular weight is 638 g/mol. The number of carbonyl (C=O) groups is 2. The molecule has 2 aliphatic rings. The molecule has 238 valence electrons. The molecule has 4 aromatic carbocycles. The number of imidazole rings is 1. The Hall–Kier alpha value is -4.40. The molecule has 46 heavy (non-hydrogen) atoms. The minimum absolute atomic E-state index is 0. The lowest BCUT2D eigenvalue weighted by Gasteiger charge is -2.36. The Morgan fingerprint density at radius 1 is 0.848 bits per heavy atom. The molecule has 7 rings (SSSR count). The average Bonchev–Trinajstić information content (AvgIpc) is 3.48. The van der Waals surface area contributed by atoms with Gasteiger partial charge >= 0.3 is 6.09 Å². The minimum atomic E-state index is -0.717. The molecule has 2 N–H and O–H groups in total. The van der Waals surface area contributed by atoms with Crippen LogP contribution in [-0.2, 0) is 16.0 Å². The molecule has 2 saturated heterocycles. The summed E-state index contributed by atoms with van der Waals surface area (Å²) in [5, 5.41) is 8.52. The van der Waals surface area contributed by atoms with Gasteiger partial charge in [-0.05, 0) is 67.2 Å². The van der Waals surface area contributed by atoms with Gasteiger partial charge in [-0.3, -0.25) is 4.79 Å². The fraction of sp³-hybridized carbons (Fsp3) is 0.324. The van der Waals surface area contributed by atoms with E-state index in [4.69, 9.17) is 9.72 Å². The van der Waals surface area contributed by atoms with Gasteiger partial charge in [0.25, 0.3) is 0 Å². The van der Waals surface area contributed by atoms with Crippen molar-refractivity contribution in [3.63, 3.8) is 0 Å². The van der Waals surface area contributed by atoms with Gasteiger partial charge in [-0.15, -0.1) is 12.4 Å². The van der Waals surface area contributed by atoms with Crippen molar-refractivity contribution in [2.24, 2.45) is 0 Å². The Bertz CT molecular complexity index is 1800. The first-order chi connectivity index (χ1) is 22.1. The summed E-state index contributed by atoms with van der Waals surface area (Å²) in [7, 11) is 0. The highest BCUT2D eigenvalue weighted by Gasteiger charge is 2.32. The zero-order chi connectivity index (χ0) is 30.6. The highest BCUT2D eigenvalue weighted by atomic mass is 35.5. The van der Waals surface area contributed by atoms with Crippen molar-refractivity contribution in [3.05, 3.63) is 103 Å². The number of ether oxygens (including phenoxy) is 1. The number of aromatic nitrogens is 2. The third-order valence-electron chi connectivity index (χ3n) is 9.17. The number of nitrogens with zero attached hydrogens (tertiary/aromatic N) is 3. The molecule has 2 amide bonds. The van der Waals surface area contributed by atoms with E-state index in [0.29, 0.717) is 19.5 Å². The van der Waals surface area contributed by atoms with Gasteiger partial charge in [0.05, 0.1) is 11.0 Å². The lowest BCUT2D eigenvalue weighted by molar-refractivity contribution is -0.134. The van der Waals surface area contributed by atoms with Crippen LogP contribution in [0, 0.1) is 0 Å². The lowest BCUT2D eigenvalue weighted by Crippen LogP contribution is -2.52. The summed E-state index contributed by atoms with van der Waals surface area (Å²) in [5.74, 6) is 0.890. The van der Waals surface area contributed by atoms with Crippen LogP contribution >= 0.6 is 12.4 Å². The normalized spacial score (nSPS) is 16.6. The van der Waals surface area contributed by atoms with E-state index in [9.17, 15) is 9.59 Å². The van der Waals surface area contributed by atoms with E-state index in [0.717, 1.165) is 77.5 Å². The number of halogens is 1. The summed E-state index contributed by atoms with van der Waals surface area (Å²) >= 11 is 0. The summed E-state index contributed by atoms with van der Waals surface area (Å²) in [4.78, 5) is 34.1. The molecular formula is C37H40ClN5O3. The van der Waals surface area contributed by atoms with Crippen LogP contribution in [0.1, 0.15) is 37.3 Å². The number of carbonyl (C=O) groups excluding carboxylic acids is 2. The van der Waals surface area contributed by atoms with Gasteiger partial charge in [-0.2, -0.15) is 0 Å². The van der Waals surface area contributed by atoms with Gasteiger partial charge < -0.3 is 24.8 Å². The first-order valence-electron chi connectivity index (χ1n) is 16.1. The third-order valence-corrected chi connectivity index (χ3v) is 9.17. The van der Waals surface area contributed by atoms with Gasteiger partial charge in [-0.1, -0.05) is 84.9 Å². The van der Waals surface area contributed by atoms with Crippen LogP contribution < -0.4 is 10.6 Å². The number of rotatable bonds is 7. The molecule has 5 aromatic rings. The molecule has 9 heteroatoms. The zero-order valence-corrected chi connectivity index (χ0v) is 26.6. The molecule has 1 atom stereocenters. The zero-order valence-electron chi connectivity index (χ0n) is 25.8. The number of fused-ring (bicyclic) bond motifs is 2. The molecule has 2 fully saturated rings. The van der Waals surface area contributed by atoms with E-state index >= 15 is 0 Å². The molecule has 0 bridgehead atoms. The number of benzene rings is 4. The van der Waals surface area contributed by atoms with E-state index in [2.05, 4.69) is 69.8 Å². The van der Waals surface area contributed by atoms with Gasteiger partial charge in [0.2, 0.25) is 5.91 Å². The van der Waals surface area contributed by atoms with E-state index in [1.165, 1.54) is 0 Å². The standard InChI is InChI=1S/C37H39N5O3.ClH/c43-36(33(40-37(44)45-31-16-20-38-21-17-31)25-26-14-15-27-8-4-5-11-29(27)24-26)41-22-18-30(19-23-41)42-34-13-7-6-12-32(34)39-35(42)28-9-2-1-3-10-28;/h1-15,24,30-31,33,38H,16-23,25H2,(H,40,44);1H/t33-;/m1./s1. The minimum Gasteiger partial charge on any atom is -0.446 e. The van der Waals surface area contributed by atoms with E-state index < -0.39 is 12.1 Å². The predicted molar refractivity (Wildman–Crippen MR) is 184 cm³/mol. The number of amides is 2. The second-order valence-corrected chi connectivity index (χ2v) is 12.2. The highest BCUT2D eigenvalue weighted by Crippen LogP contribution is 2.33. The summed E-state index contributed by atoms with van der Waals surface area (Å²) < 4.78 is 8.11. The van der Waals surface area contributed by atoms with Crippen LogP contribution in [0.2, 0.25) is 0 Å². The molecule has 1 aromatic heterocycles. The van der Waals surface area contributed by atoms with Crippen LogP contribution in [0.15, 0.2) is 97.1 Å². The quantitative estimate of drug-likeness (QED) is 0.212. The summed E-state index contributed by atoms with van der Waals surface area (Å²) in [6.07, 6.45) is 2.89. The van der Waals surface area contributed by atoms with Crippen molar-refractivity contribution in [1.82, 2.24) is 25.1 Å². The first kappa shape index (κ1) is 31.6. The molecule has 0 saturated carbocycles. The summed E-state index contributed by atoms with van der Waals surface area (Å²) in [6.45, 7) is 2.85. The fourth-order valence-corrected chi connectivity index (χ4v) is 6.81. The van der Waals surface area contributed by atoms with Crippen molar-refractivity contribution in [1.29, 1.82) is 0 Å². The van der Waals surface area contributed by atoms with Crippen LogP contribution in [0.25, 0.3) is 33.2 Å². The number of nitrogens with one attached hydrogen (secondary N) is 2. The molecule has 0 spiro atoms. The highest BCUT2D eigenvalue weighted by molar-refractivity contribution is 5.87. The predicted octanol–water partition coefficient (Wildman–Crippen LogP) is 6.53. The van der Waals surface area contributed by atoms with E-state index in [1.807, 2.05) is 47.4 Å². The summed E-state index contributed by atoms with van der Waals surface area (Å²) in [6, 6.07) is 32.5. The molecule has 0 aliphatic carbocycles. The molecule has 0 unspecified atom stereocenters. The first-order valence-corrected chi connectivity index (χ1v) is 16.1. The number of likely N-dealkylation sites (tertiary alicyclic amines) is 1. The maximum atomic E-state index is 14.1. The summed E-state index contributed by atoms with van der Waals surface area (Å²) in [5.41, 5.74) is 4.17. The van der Waals surface area contributed by atoms with Gasteiger partial charge in [-0.25, -0.2) is 9.78 Å². The van der Waals surface area contributed by atoms with Gasteiger partial charge in [0.1, 0.15) is 18.0 Å². The number of alkyl carbamates (subject to hydrolysis) is 1. The van der Waals surface area contributed by atoms with Crippen molar-refractivity contribution >= 4 is 46.2 Å². The topological polar surface area (TPSA) is 88.5 Å². The molecule has 0 radical (unpaired) electrons. The van der Waals surface area contributed by atoms with Crippen molar-refractivity contribution in [2.75, 3.05) is 26.2 Å². The maximum absolute atomic E-state index is 14.1. The van der Waals surface area contributed by atoms with Crippen LogP contribution in [0.5, 0.6) is 0 Å². The molecule has 8 nitrogen and oxygen atoms in total. The van der Waals surface area contributed by atoms with Gasteiger partial charge in [0.15, 0.2) is 0 Å². The molecule has 2 aliphatic heterocycles. The van der Waals surface area contributed by atoms with Gasteiger partial charge in [0, 0.05) is 31.1 Å². The van der Waals surface area contributed by atoms with Crippen LogP contribution in [-0.4, -0.2) is 64.8 Å². The number of hydrogen-bond donors (Lipinski definition) is 2. The Morgan fingerprint density at radius 2 is 1.54 bits per heavy atom. The molecule has 3 heterocycles. The number of piperidine rings is 2. The van der Waals surface area contributed by atoms with Crippen molar-refractivity contribution < 1.29 is 14.3 Å². The fourth-order valence-electron chi connectivity index (χ4n) is 6.81.